The zero-order chi connectivity index (χ0) is 15.0. The molecule has 2 aromatic carbocycles. The van der Waals surface area contributed by atoms with Gasteiger partial charge >= 0.3 is 0 Å². The molecule has 0 bridgehead atoms. The number of nitrogens with two attached hydrogens (primary N) is 1. The summed E-state index contributed by atoms with van der Waals surface area (Å²) in [5.74, 6) is 0.336. The first kappa shape index (κ1) is 13.8. The maximum atomic E-state index is 13.1. The van der Waals surface area contributed by atoms with Crippen LogP contribution in [0.3, 0.4) is 0 Å². The van der Waals surface area contributed by atoms with Gasteiger partial charge in [-0.3, -0.25) is 0 Å². The molecule has 3 rings (SSSR count). The van der Waals surface area contributed by atoms with Crippen LogP contribution in [0.25, 0.3) is 22.8 Å². The molecule has 0 unspecified atom stereocenters. The van der Waals surface area contributed by atoms with Crippen molar-refractivity contribution in [1.29, 1.82) is 0 Å². The average Bonchev–Trinajstić information content (AvgIpc) is 2.87. The lowest BCUT2D eigenvalue weighted by atomic mass is 10.1. The van der Waals surface area contributed by atoms with E-state index in [1.54, 1.807) is 0 Å². The minimum Gasteiger partial charge on any atom is -0.398 e. The summed E-state index contributed by atoms with van der Waals surface area (Å²) < 4.78 is 19.3. The Morgan fingerprint density at radius 2 is 1.90 bits per heavy atom. The molecule has 0 aliphatic carbocycles. The van der Waals surface area contributed by atoms with Gasteiger partial charge in [0.2, 0.25) is 5.82 Å². The summed E-state index contributed by atoms with van der Waals surface area (Å²) in [5, 5.41) is 3.97. The summed E-state index contributed by atoms with van der Waals surface area (Å²) in [7, 11) is 0. The van der Waals surface area contributed by atoms with E-state index in [1.165, 1.54) is 18.2 Å². The molecule has 0 amide bonds. The number of hydrogen-bond donors (Lipinski definition) is 1. The van der Waals surface area contributed by atoms with Crippen molar-refractivity contribution in [3.63, 3.8) is 0 Å². The lowest BCUT2D eigenvalue weighted by molar-refractivity contribution is 0.432. The first-order valence-corrected chi connectivity index (χ1v) is 6.99. The average molecular weight is 348 g/mol. The van der Waals surface area contributed by atoms with Crippen molar-refractivity contribution >= 4 is 21.6 Å². The zero-order valence-electron chi connectivity index (χ0n) is 11.1. The standard InChI is InChI=1S/C15H11BrFN3O/c1-8-6-9(16)2-4-11(8)14-19-15(21-20-14)12-5-3-10(17)7-13(12)18/h2-7H,18H2,1H3. The SMILES string of the molecule is Cc1cc(Br)ccc1-c1noc(-c2ccc(F)cc2N)n1. The highest BCUT2D eigenvalue weighted by atomic mass is 79.9. The number of hydrogen-bond acceptors (Lipinski definition) is 4. The Kier molecular flexibility index (Phi) is 3.47. The van der Waals surface area contributed by atoms with Gasteiger partial charge in [-0.1, -0.05) is 21.1 Å². The van der Waals surface area contributed by atoms with Gasteiger partial charge in [0.05, 0.1) is 5.56 Å². The van der Waals surface area contributed by atoms with E-state index in [1.807, 2.05) is 25.1 Å². The molecule has 0 fully saturated rings. The van der Waals surface area contributed by atoms with Crippen molar-refractivity contribution in [3.8, 4) is 22.8 Å². The Bertz CT molecular complexity index is 750. The maximum Gasteiger partial charge on any atom is 0.260 e. The molecule has 0 spiro atoms. The van der Waals surface area contributed by atoms with E-state index >= 15 is 0 Å². The molecule has 3 aromatic rings. The van der Waals surface area contributed by atoms with E-state index < -0.39 is 5.82 Å². The van der Waals surface area contributed by atoms with Crippen molar-refractivity contribution in [2.45, 2.75) is 6.92 Å². The van der Waals surface area contributed by atoms with Crippen molar-refractivity contribution in [3.05, 3.63) is 52.3 Å². The normalized spacial score (nSPS) is 10.8. The minimum atomic E-state index is -0.403. The van der Waals surface area contributed by atoms with E-state index in [0.717, 1.165) is 15.6 Å². The second-order valence-corrected chi connectivity index (χ2v) is 5.53. The lowest BCUT2D eigenvalue weighted by Crippen LogP contribution is -1.91. The zero-order valence-corrected chi connectivity index (χ0v) is 12.7. The predicted octanol–water partition coefficient (Wildman–Crippen LogP) is 4.20. The monoisotopic (exact) mass is 347 g/mol. The quantitative estimate of drug-likeness (QED) is 0.705. The molecule has 6 heteroatoms. The second kappa shape index (κ2) is 5.29. The van der Waals surface area contributed by atoms with Gasteiger partial charge in [0.15, 0.2) is 0 Å². The number of halogens is 2. The molecule has 21 heavy (non-hydrogen) atoms. The van der Waals surface area contributed by atoms with Crippen LogP contribution in [0.2, 0.25) is 0 Å². The number of anilines is 1. The molecule has 0 atom stereocenters. The van der Waals surface area contributed by atoms with Crippen LogP contribution in [0, 0.1) is 12.7 Å². The molecule has 0 aliphatic heterocycles. The Morgan fingerprint density at radius 3 is 2.62 bits per heavy atom. The van der Waals surface area contributed by atoms with Gasteiger partial charge < -0.3 is 10.3 Å². The van der Waals surface area contributed by atoms with Crippen molar-refractivity contribution in [1.82, 2.24) is 10.1 Å². The number of aryl methyl sites for hydroxylation is 1. The summed E-state index contributed by atoms with van der Waals surface area (Å²) >= 11 is 3.41. The molecule has 0 aliphatic rings. The van der Waals surface area contributed by atoms with E-state index in [0.29, 0.717) is 11.4 Å². The lowest BCUT2D eigenvalue weighted by Gasteiger charge is -2.01. The smallest absolute Gasteiger partial charge is 0.260 e. The van der Waals surface area contributed by atoms with Gasteiger partial charge in [-0.15, -0.1) is 0 Å². The molecule has 106 valence electrons. The molecule has 0 radical (unpaired) electrons. The summed E-state index contributed by atoms with van der Waals surface area (Å²) in [5.41, 5.74) is 8.44. The fourth-order valence-electron chi connectivity index (χ4n) is 2.05. The molecular weight excluding hydrogens is 337 g/mol. The predicted molar refractivity (Wildman–Crippen MR) is 82.0 cm³/mol. The Morgan fingerprint density at radius 1 is 1.14 bits per heavy atom. The maximum absolute atomic E-state index is 13.1. The highest BCUT2D eigenvalue weighted by molar-refractivity contribution is 9.10. The van der Waals surface area contributed by atoms with Gasteiger partial charge in [-0.05, 0) is 48.9 Å². The van der Waals surface area contributed by atoms with Crippen LogP contribution in [0.4, 0.5) is 10.1 Å². The Hall–Kier alpha value is -2.21. The van der Waals surface area contributed by atoms with Crippen LogP contribution in [0.1, 0.15) is 5.56 Å². The molecule has 1 aromatic heterocycles. The Labute approximate surface area is 128 Å². The fourth-order valence-corrected chi connectivity index (χ4v) is 2.52. The highest BCUT2D eigenvalue weighted by Crippen LogP contribution is 2.29. The molecule has 0 saturated heterocycles. The number of nitrogens with zero attached hydrogens (tertiary/aromatic N) is 2. The van der Waals surface area contributed by atoms with Gasteiger partial charge in [-0.2, -0.15) is 4.98 Å². The van der Waals surface area contributed by atoms with E-state index in [-0.39, 0.29) is 11.6 Å². The topological polar surface area (TPSA) is 64.9 Å². The second-order valence-electron chi connectivity index (χ2n) is 4.61. The fraction of sp³-hybridized carbons (Fsp3) is 0.0667. The minimum absolute atomic E-state index is 0.262. The number of benzene rings is 2. The Balaban J connectivity index is 2.03. The third-order valence-electron chi connectivity index (χ3n) is 3.10. The third-order valence-corrected chi connectivity index (χ3v) is 3.59. The van der Waals surface area contributed by atoms with Crippen molar-refractivity contribution in [2.24, 2.45) is 0 Å². The first-order chi connectivity index (χ1) is 10.0. The number of aromatic nitrogens is 2. The first-order valence-electron chi connectivity index (χ1n) is 6.20. The molecule has 4 nitrogen and oxygen atoms in total. The summed E-state index contributed by atoms with van der Waals surface area (Å²) in [6, 6.07) is 9.84. The van der Waals surface area contributed by atoms with Crippen molar-refractivity contribution < 1.29 is 8.91 Å². The largest absolute Gasteiger partial charge is 0.398 e. The summed E-state index contributed by atoms with van der Waals surface area (Å²) in [6.45, 7) is 1.96. The van der Waals surface area contributed by atoms with Crippen LogP contribution < -0.4 is 5.73 Å². The summed E-state index contributed by atoms with van der Waals surface area (Å²) in [4.78, 5) is 4.34. The van der Waals surface area contributed by atoms with Crippen LogP contribution >= 0.6 is 15.9 Å². The molecule has 0 saturated carbocycles. The van der Waals surface area contributed by atoms with Gasteiger partial charge in [-0.25, -0.2) is 4.39 Å². The molecular formula is C15H11BrFN3O. The van der Waals surface area contributed by atoms with Gasteiger partial charge in [0, 0.05) is 15.7 Å². The van der Waals surface area contributed by atoms with Crippen LogP contribution in [-0.2, 0) is 0 Å². The molecule has 2 N–H and O–H groups in total. The van der Waals surface area contributed by atoms with E-state index in [4.69, 9.17) is 10.3 Å². The third kappa shape index (κ3) is 2.67. The van der Waals surface area contributed by atoms with Crippen LogP contribution in [-0.4, -0.2) is 10.1 Å². The van der Waals surface area contributed by atoms with Gasteiger partial charge in [0.1, 0.15) is 5.82 Å². The molecule has 1 heterocycles. The van der Waals surface area contributed by atoms with E-state index in [9.17, 15) is 4.39 Å². The van der Waals surface area contributed by atoms with Gasteiger partial charge in [0.25, 0.3) is 5.89 Å². The highest BCUT2D eigenvalue weighted by Gasteiger charge is 2.14. The van der Waals surface area contributed by atoms with E-state index in [2.05, 4.69) is 26.1 Å². The number of nitrogen functional groups attached to an aromatic ring is 1. The van der Waals surface area contributed by atoms with Crippen LogP contribution in [0.5, 0.6) is 0 Å². The summed E-state index contributed by atoms with van der Waals surface area (Å²) in [6.07, 6.45) is 0. The van der Waals surface area contributed by atoms with Crippen molar-refractivity contribution in [2.75, 3.05) is 5.73 Å². The number of rotatable bonds is 2. The van der Waals surface area contributed by atoms with Crippen LogP contribution in [0.15, 0.2) is 45.4 Å².